The molecule has 2 heterocycles. The van der Waals surface area contributed by atoms with Crippen LogP contribution in [0.4, 0.5) is 0 Å². The quantitative estimate of drug-likeness (QED) is 0.727. The second-order valence-corrected chi connectivity index (χ2v) is 5.59. The van der Waals surface area contributed by atoms with Crippen molar-refractivity contribution >= 4 is 5.91 Å². The lowest BCUT2D eigenvalue weighted by Crippen LogP contribution is -2.48. The Labute approximate surface area is 98.8 Å². The molecule has 1 amide bonds. The van der Waals surface area contributed by atoms with Crippen LogP contribution in [0.3, 0.4) is 0 Å². The van der Waals surface area contributed by atoms with Crippen molar-refractivity contribution in [2.24, 2.45) is 11.8 Å². The third-order valence-corrected chi connectivity index (χ3v) is 4.14. The number of piperidine rings is 1. The predicted octanol–water partition coefficient (Wildman–Crippen LogP) is 1.59. The van der Waals surface area contributed by atoms with Crippen molar-refractivity contribution in [3.05, 3.63) is 0 Å². The first kappa shape index (κ1) is 11.9. The van der Waals surface area contributed by atoms with E-state index in [1.165, 1.54) is 19.3 Å². The van der Waals surface area contributed by atoms with E-state index >= 15 is 0 Å². The highest BCUT2D eigenvalue weighted by Gasteiger charge is 2.26. The molecule has 0 aliphatic carbocycles. The topological polar surface area (TPSA) is 23.6 Å². The molecule has 0 saturated carbocycles. The van der Waals surface area contributed by atoms with Gasteiger partial charge in [-0.3, -0.25) is 9.69 Å². The first-order chi connectivity index (χ1) is 7.66. The van der Waals surface area contributed by atoms with Gasteiger partial charge in [-0.1, -0.05) is 13.8 Å². The number of hydrogen-bond donors (Lipinski definition) is 0. The monoisotopic (exact) mass is 224 g/mol. The molecule has 3 heteroatoms. The zero-order valence-electron chi connectivity index (χ0n) is 10.6. The molecule has 0 bridgehead atoms. The Morgan fingerprint density at radius 3 is 2.25 bits per heavy atom. The third kappa shape index (κ3) is 2.76. The summed E-state index contributed by atoms with van der Waals surface area (Å²) in [5, 5.41) is 0. The van der Waals surface area contributed by atoms with Gasteiger partial charge in [-0.05, 0) is 44.2 Å². The molecule has 2 rings (SSSR count). The second-order valence-electron chi connectivity index (χ2n) is 5.59. The van der Waals surface area contributed by atoms with E-state index in [4.69, 9.17) is 0 Å². The van der Waals surface area contributed by atoms with E-state index in [0.717, 1.165) is 38.0 Å². The summed E-state index contributed by atoms with van der Waals surface area (Å²) in [5.41, 5.74) is 0. The molecule has 0 aromatic carbocycles. The van der Waals surface area contributed by atoms with Crippen LogP contribution in [0.15, 0.2) is 0 Å². The first-order valence-electron chi connectivity index (χ1n) is 6.67. The smallest absolute Gasteiger partial charge is 0.236 e. The van der Waals surface area contributed by atoms with E-state index < -0.39 is 0 Å². The Bertz CT molecular complexity index is 240. The van der Waals surface area contributed by atoms with E-state index in [9.17, 15) is 4.79 Å². The lowest BCUT2D eigenvalue weighted by atomic mass is 9.87. The van der Waals surface area contributed by atoms with Crippen LogP contribution in [-0.4, -0.2) is 48.4 Å². The lowest BCUT2D eigenvalue weighted by Gasteiger charge is -2.36. The Kier molecular flexibility index (Phi) is 3.85. The van der Waals surface area contributed by atoms with Crippen LogP contribution in [0.1, 0.15) is 33.1 Å². The van der Waals surface area contributed by atoms with E-state index in [1.54, 1.807) is 0 Å². The van der Waals surface area contributed by atoms with Gasteiger partial charge in [0.25, 0.3) is 0 Å². The summed E-state index contributed by atoms with van der Waals surface area (Å²) < 4.78 is 0. The van der Waals surface area contributed by atoms with Gasteiger partial charge in [0.15, 0.2) is 0 Å². The zero-order chi connectivity index (χ0) is 11.5. The SMILES string of the molecule is CC(C)C1CCN(CC(=O)N2CCC2)CC1. The zero-order valence-corrected chi connectivity index (χ0v) is 10.6. The normalized spacial score (nSPS) is 23.6. The van der Waals surface area contributed by atoms with Gasteiger partial charge in [0, 0.05) is 13.1 Å². The van der Waals surface area contributed by atoms with Gasteiger partial charge in [-0.25, -0.2) is 0 Å². The van der Waals surface area contributed by atoms with Gasteiger partial charge in [0.1, 0.15) is 0 Å². The predicted molar refractivity (Wildman–Crippen MR) is 65.2 cm³/mol. The molecule has 3 nitrogen and oxygen atoms in total. The lowest BCUT2D eigenvalue weighted by molar-refractivity contribution is -0.136. The molecule has 0 spiro atoms. The van der Waals surface area contributed by atoms with Gasteiger partial charge in [0.2, 0.25) is 5.91 Å². The van der Waals surface area contributed by atoms with Crippen molar-refractivity contribution in [2.75, 3.05) is 32.7 Å². The minimum atomic E-state index is 0.342. The van der Waals surface area contributed by atoms with Crippen LogP contribution in [0.2, 0.25) is 0 Å². The van der Waals surface area contributed by atoms with E-state index in [1.807, 2.05) is 4.90 Å². The van der Waals surface area contributed by atoms with Gasteiger partial charge in [0.05, 0.1) is 6.54 Å². The van der Waals surface area contributed by atoms with Crippen molar-refractivity contribution in [2.45, 2.75) is 33.1 Å². The summed E-state index contributed by atoms with van der Waals surface area (Å²) in [7, 11) is 0. The standard InChI is InChI=1S/C13H24N2O/c1-11(2)12-4-8-14(9-5-12)10-13(16)15-6-3-7-15/h11-12H,3-10H2,1-2H3. The third-order valence-electron chi connectivity index (χ3n) is 4.14. The van der Waals surface area contributed by atoms with Crippen molar-refractivity contribution in [1.29, 1.82) is 0 Å². The minimum Gasteiger partial charge on any atom is -0.341 e. The molecule has 2 aliphatic rings. The number of rotatable bonds is 3. The minimum absolute atomic E-state index is 0.342. The maximum Gasteiger partial charge on any atom is 0.236 e. The highest BCUT2D eigenvalue weighted by Crippen LogP contribution is 2.24. The second kappa shape index (κ2) is 5.17. The Morgan fingerprint density at radius 1 is 1.19 bits per heavy atom. The Morgan fingerprint density at radius 2 is 1.81 bits per heavy atom. The number of amides is 1. The van der Waals surface area contributed by atoms with Crippen LogP contribution in [0, 0.1) is 11.8 Å². The molecular weight excluding hydrogens is 200 g/mol. The maximum absolute atomic E-state index is 11.8. The van der Waals surface area contributed by atoms with Crippen LogP contribution in [0.25, 0.3) is 0 Å². The van der Waals surface area contributed by atoms with Crippen molar-refractivity contribution in [1.82, 2.24) is 9.80 Å². The fourth-order valence-electron chi connectivity index (χ4n) is 2.63. The number of hydrogen-bond acceptors (Lipinski definition) is 2. The molecule has 0 atom stereocenters. The Hall–Kier alpha value is -0.570. The average molecular weight is 224 g/mol. The molecule has 16 heavy (non-hydrogen) atoms. The van der Waals surface area contributed by atoms with Crippen LogP contribution < -0.4 is 0 Å². The van der Waals surface area contributed by atoms with Crippen molar-refractivity contribution in [3.63, 3.8) is 0 Å². The summed E-state index contributed by atoms with van der Waals surface area (Å²) in [4.78, 5) is 16.1. The number of carbonyl (C=O) groups excluding carboxylic acids is 1. The van der Waals surface area contributed by atoms with E-state index in [0.29, 0.717) is 12.5 Å². The molecule has 0 aromatic heterocycles. The molecule has 2 aliphatic heterocycles. The van der Waals surface area contributed by atoms with Gasteiger partial charge in [-0.2, -0.15) is 0 Å². The van der Waals surface area contributed by atoms with Gasteiger partial charge in [-0.15, -0.1) is 0 Å². The summed E-state index contributed by atoms with van der Waals surface area (Å²) in [5.74, 6) is 2.01. The van der Waals surface area contributed by atoms with Crippen LogP contribution in [-0.2, 0) is 4.79 Å². The maximum atomic E-state index is 11.8. The molecular formula is C13H24N2O. The summed E-state index contributed by atoms with van der Waals surface area (Å²) in [6.07, 6.45) is 3.73. The molecule has 2 saturated heterocycles. The summed E-state index contributed by atoms with van der Waals surface area (Å²) in [6.45, 7) is 9.48. The van der Waals surface area contributed by atoms with E-state index in [2.05, 4.69) is 18.7 Å². The number of likely N-dealkylation sites (tertiary alicyclic amines) is 2. The fourth-order valence-corrected chi connectivity index (χ4v) is 2.63. The van der Waals surface area contributed by atoms with E-state index in [-0.39, 0.29) is 0 Å². The van der Waals surface area contributed by atoms with Crippen LogP contribution >= 0.6 is 0 Å². The highest BCUT2D eigenvalue weighted by atomic mass is 16.2. The molecule has 92 valence electrons. The molecule has 0 unspecified atom stereocenters. The largest absolute Gasteiger partial charge is 0.341 e. The first-order valence-corrected chi connectivity index (χ1v) is 6.67. The Balaban J connectivity index is 1.70. The van der Waals surface area contributed by atoms with Crippen LogP contribution in [0.5, 0.6) is 0 Å². The molecule has 0 radical (unpaired) electrons. The molecule has 0 N–H and O–H groups in total. The fraction of sp³-hybridized carbons (Fsp3) is 0.923. The van der Waals surface area contributed by atoms with Crippen molar-refractivity contribution < 1.29 is 4.79 Å². The molecule has 0 aromatic rings. The number of carbonyl (C=O) groups is 1. The summed E-state index contributed by atoms with van der Waals surface area (Å²) >= 11 is 0. The number of nitrogens with zero attached hydrogens (tertiary/aromatic N) is 2. The molecule has 2 fully saturated rings. The average Bonchev–Trinajstić information content (AvgIpc) is 2.15. The van der Waals surface area contributed by atoms with Crippen molar-refractivity contribution in [3.8, 4) is 0 Å². The van der Waals surface area contributed by atoms with Gasteiger partial charge < -0.3 is 4.90 Å². The highest BCUT2D eigenvalue weighted by molar-refractivity contribution is 5.78. The summed E-state index contributed by atoms with van der Waals surface area (Å²) in [6, 6.07) is 0. The van der Waals surface area contributed by atoms with Gasteiger partial charge >= 0.3 is 0 Å².